The average molecular weight is 469 g/mol. The van der Waals surface area contributed by atoms with Gasteiger partial charge >= 0.3 is 0 Å². The minimum atomic E-state index is -3.61. The van der Waals surface area contributed by atoms with Crippen molar-refractivity contribution in [3.05, 3.63) is 66.4 Å². The highest BCUT2D eigenvalue weighted by atomic mass is 32.2. The van der Waals surface area contributed by atoms with Crippen molar-refractivity contribution in [3.63, 3.8) is 0 Å². The molecule has 0 radical (unpaired) electrons. The number of nitrogens with one attached hydrogen (secondary N) is 1. The number of methoxy groups -OCH3 is 1. The summed E-state index contributed by atoms with van der Waals surface area (Å²) in [4.78, 5) is 12.8. The van der Waals surface area contributed by atoms with Crippen LogP contribution in [0.2, 0.25) is 0 Å². The fourth-order valence-electron chi connectivity index (χ4n) is 3.92. The third-order valence-corrected chi connectivity index (χ3v) is 7.61. The molecule has 2 aromatic carbocycles. The highest BCUT2D eigenvalue weighted by Crippen LogP contribution is 2.30. The van der Waals surface area contributed by atoms with Gasteiger partial charge in [-0.1, -0.05) is 36.8 Å². The summed E-state index contributed by atoms with van der Waals surface area (Å²) < 4.78 is 38.7. The maximum absolute atomic E-state index is 13.0. The Balaban J connectivity index is 1.43. The summed E-state index contributed by atoms with van der Waals surface area (Å²) in [6, 6.07) is 18.1. The van der Waals surface area contributed by atoms with Gasteiger partial charge in [-0.3, -0.25) is 4.79 Å². The van der Waals surface area contributed by atoms with Gasteiger partial charge in [0.2, 0.25) is 15.9 Å². The number of rotatable bonds is 8. The van der Waals surface area contributed by atoms with E-state index in [1.54, 1.807) is 6.07 Å². The number of carbonyl (C=O) groups is 1. The Hall–Kier alpha value is -3.10. The second kappa shape index (κ2) is 10.2. The van der Waals surface area contributed by atoms with Crippen LogP contribution >= 0.6 is 0 Å². The summed E-state index contributed by atoms with van der Waals surface area (Å²) in [5.41, 5.74) is 1.31. The van der Waals surface area contributed by atoms with E-state index in [1.165, 1.54) is 23.5 Å². The third kappa shape index (κ3) is 5.46. The molecule has 1 amide bonds. The maximum atomic E-state index is 13.0. The van der Waals surface area contributed by atoms with Crippen LogP contribution in [-0.4, -0.2) is 38.8 Å². The van der Waals surface area contributed by atoms with E-state index in [0.29, 0.717) is 36.7 Å². The Kier molecular flexibility index (Phi) is 7.15. The van der Waals surface area contributed by atoms with Crippen molar-refractivity contribution in [3.8, 4) is 17.1 Å². The monoisotopic (exact) mass is 468 g/mol. The Labute approximate surface area is 194 Å². The number of aryl methyl sites for hydroxylation is 1. The van der Waals surface area contributed by atoms with Crippen LogP contribution in [0.15, 0.2) is 70.0 Å². The molecule has 2 heterocycles. The summed E-state index contributed by atoms with van der Waals surface area (Å²) in [5, 5.41) is 2.80. The number of ether oxygens (including phenoxy) is 1. The van der Waals surface area contributed by atoms with Crippen molar-refractivity contribution in [1.82, 2.24) is 4.31 Å². The number of sulfonamides is 1. The van der Waals surface area contributed by atoms with Crippen LogP contribution in [0.4, 0.5) is 5.69 Å². The van der Waals surface area contributed by atoms with Crippen LogP contribution in [0.5, 0.6) is 5.75 Å². The number of anilines is 1. The zero-order chi connectivity index (χ0) is 23.3. The second-order valence-corrected chi connectivity index (χ2v) is 9.94. The molecule has 0 saturated carbocycles. The van der Waals surface area contributed by atoms with Crippen LogP contribution in [-0.2, 0) is 21.2 Å². The molecule has 0 atom stereocenters. The van der Waals surface area contributed by atoms with Gasteiger partial charge in [0.15, 0.2) is 0 Å². The van der Waals surface area contributed by atoms with Crippen molar-refractivity contribution >= 4 is 21.6 Å². The van der Waals surface area contributed by atoms with Crippen LogP contribution in [0.25, 0.3) is 11.3 Å². The van der Waals surface area contributed by atoms with Crippen molar-refractivity contribution in [2.24, 2.45) is 0 Å². The molecule has 4 rings (SSSR count). The quantitative estimate of drug-likeness (QED) is 0.518. The van der Waals surface area contributed by atoms with Gasteiger partial charge in [-0.2, -0.15) is 4.31 Å². The highest BCUT2D eigenvalue weighted by molar-refractivity contribution is 7.89. The predicted molar refractivity (Wildman–Crippen MR) is 127 cm³/mol. The lowest BCUT2D eigenvalue weighted by Gasteiger charge is -2.26. The number of nitrogens with zero attached hydrogens (tertiary/aromatic N) is 1. The molecular formula is C25H28N2O5S. The number of carbonyl (C=O) groups excluding carboxylic acids is 1. The molecule has 0 spiro atoms. The molecule has 0 aliphatic carbocycles. The maximum Gasteiger partial charge on any atom is 0.243 e. The van der Waals surface area contributed by atoms with E-state index < -0.39 is 10.0 Å². The van der Waals surface area contributed by atoms with Crippen molar-refractivity contribution in [2.45, 2.75) is 37.0 Å². The van der Waals surface area contributed by atoms with E-state index >= 15 is 0 Å². The molecule has 8 heteroatoms. The van der Waals surface area contributed by atoms with E-state index in [-0.39, 0.29) is 17.2 Å². The average Bonchev–Trinajstić information content (AvgIpc) is 3.33. The van der Waals surface area contributed by atoms with Crippen molar-refractivity contribution < 1.29 is 22.4 Å². The summed E-state index contributed by atoms with van der Waals surface area (Å²) >= 11 is 0. The number of hydrogen-bond acceptors (Lipinski definition) is 5. The van der Waals surface area contributed by atoms with Gasteiger partial charge in [0, 0.05) is 31.5 Å². The molecule has 1 aliphatic heterocycles. The first-order valence-electron chi connectivity index (χ1n) is 11.1. The van der Waals surface area contributed by atoms with Crippen LogP contribution in [0.3, 0.4) is 0 Å². The van der Waals surface area contributed by atoms with Crippen molar-refractivity contribution in [2.75, 3.05) is 25.5 Å². The van der Waals surface area contributed by atoms with Crippen molar-refractivity contribution in [1.29, 1.82) is 0 Å². The van der Waals surface area contributed by atoms with E-state index in [2.05, 4.69) is 5.32 Å². The number of furan rings is 1. The zero-order valence-corrected chi connectivity index (χ0v) is 19.4. The molecule has 1 saturated heterocycles. The fourth-order valence-corrected chi connectivity index (χ4v) is 5.46. The molecule has 1 aliphatic rings. The lowest BCUT2D eigenvalue weighted by molar-refractivity contribution is -0.116. The number of amides is 1. The molecular weight excluding hydrogens is 440 g/mol. The van der Waals surface area contributed by atoms with E-state index in [9.17, 15) is 13.2 Å². The van der Waals surface area contributed by atoms with Gasteiger partial charge in [0.1, 0.15) is 17.3 Å². The lowest BCUT2D eigenvalue weighted by atomic mass is 10.2. The van der Waals surface area contributed by atoms with Crippen LogP contribution < -0.4 is 10.1 Å². The molecule has 1 fully saturated rings. The van der Waals surface area contributed by atoms with E-state index in [1.807, 2.05) is 42.5 Å². The first-order valence-corrected chi connectivity index (χ1v) is 12.5. The smallest absolute Gasteiger partial charge is 0.243 e. The normalized spacial score (nSPS) is 14.7. The van der Waals surface area contributed by atoms with Gasteiger partial charge in [-0.05, 0) is 43.2 Å². The summed E-state index contributed by atoms with van der Waals surface area (Å²) in [7, 11) is -2.13. The van der Waals surface area contributed by atoms with Crippen LogP contribution in [0.1, 0.15) is 31.4 Å². The SMILES string of the molecule is COc1ccc(S(=O)(=O)N2CCCCC2)cc1NC(=O)CCc1ccc(-c2ccccc2)o1. The molecule has 174 valence electrons. The number of hydrogen-bond donors (Lipinski definition) is 1. The Morgan fingerprint density at radius 2 is 1.79 bits per heavy atom. The fraction of sp³-hybridized carbons (Fsp3) is 0.320. The predicted octanol–water partition coefficient (Wildman–Crippen LogP) is 4.70. The van der Waals surface area contributed by atoms with Gasteiger partial charge in [0.25, 0.3) is 0 Å². The molecule has 1 N–H and O–H groups in total. The number of piperidine rings is 1. The molecule has 1 aromatic heterocycles. The zero-order valence-electron chi connectivity index (χ0n) is 18.6. The first kappa shape index (κ1) is 23.1. The topological polar surface area (TPSA) is 88.9 Å². The Bertz CT molecular complexity index is 1200. The van der Waals surface area contributed by atoms with Gasteiger partial charge < -0.3 is 14.5 Å². The van der Waals surface area contributed by atoms with Gasteiger partial charge in [0.05, 0.1) is 17.7 Å². The van der Waals surface area contributed by atoms with E-state index in [0.717, 1.165) is 30.6 Å². The summed E-state index contributed by atoms with van der Waals surface area (Å²) in [5.74, 6) is 1.62. The first-order chi connectivity index (χ1) is 16.0. The number of benzene rings is 2. The Morgan fingerprint density at radius 1 is 1.03 bits per heavy atom. The lowest BCUT2D eigenvalue weighted by Crippen LogP contribution is -2.35. The highest BCUT2D eigenvalue weighted by Gasteiger charge is 2.27. The second-order valence-electron chi connectivity index (χ2n) is 8.01. The Morgan fingerprint density at radius 3 is 2.52 bits per heavy atom. The minimum Gasteiger partial charge on any atom is -0.495 e. The summed E-state index contributed by atoms with van der Waals surface area (Å²) in [6.07, 6.45) is 3.37. The minimum absolute atomic E-state index is 0.152. The third-order valence-electron chi connectivity index (χ3n) is 5.72. The molecule has 7 nitrogen and oxygen atoms in total. The van der Waals surface area contributed by atoms with Gasteiger partial charge in [-0.15, -0.1) is 0 Å². The molecule has 0 bridgehead atoms. The molecule has 0 unspecified atom stereocenters. The summed E-state index contributed by atoms with van der Waals surface area (Å²) in [6.45, 7) is 1.04. The van der Waals surface area contributed by atoms with E-state index in [4.69, 9.17) is 9.15 Å². The molecule has 33 heavy (non-hydrogen) atoms. The largest absolute Gasteiger partial charge is 0.495 e. The van der Waals surface area contributed by atoms with Crippen LogP contribution in [0, 0.1) is 0 Å². The standard InChI is InChI=1S/C25H28N2O5S/c1-31-24-14-12-21(33(29,30)27-16-6-3-7-17-27)18-22(24)26-25(28)15-11-20-10-13-23(32-20)19-8-4-2-5-9-19/h2,4-5,8-10,12-14,18H,3,6-7,11,15-17H2,1H3,(H,26,28). The van der Waals surface area contributed by atoms with Gasteiger partial charge in [-0.25, -0.2) is 8.42 Å². The molecule has 3 aromatic rings.